The fourth-order valence-corrected chi connectivity index (χ4v) is 3.67. The van der Waals surface area contributed by atoms with Crippen LogP contribution in [0.4, 0.5) is 0 Å². The Labute approximate surface area is 204 Å². The van der Waals surface area contributed by atoms with Gasteiger partial charge in [0.15, 0.2) is 5.96 Å². The van der Waals surface area contributed by atoms with Gasteiger partial charge < -0.3 is 25.0 Å². The number of methoxy groups -OCH3 is 1. The minimum Gasteiger partial charge on any atom is -0.497 e. The largest absolute Gasteiger partial charge is 0.497 e. The molecule has 2 rings (SSSR count). The topological polar surface area (TPSA) is 75.2 Å². The van der Waals surface area contributed by atoms with Crippen LogP contribution in [0.25, 0.3) is 0 Å². The number of benzene rings is 1. The standard InChI is InChI=1S/C23H38N4O3.HI/c1-6-18(7-2)21-14-19(12-13-30-21)26-23(25-16-22(28)27(3)4)24-15-17-8-10-20(29-5)11-9-17;/h8-11,18-19,21H,6-7,12-16H2,1-5H3,(H2,24,25,26);1H. The van der Waals surface area contributed by atoms with Crippen LogP contribution in [0.1, 0.15) is 45.1 Å². The summed E-state index contributed by atoms with van der Waals surface area (Å²) in [6.45, 7) is 5.94. The van der Waals surface area contributed by atoms with Crippen molar-refractivity contribution < 1.29 is 14.3 Å². The molecule has 0 bridgehead atoms. The molecule has 31 heavy (non-hydrogen) atoms. The first-order chi connectivity index (χ1) is 14.5. The van der Waals surface area contributed by atoms with Crippen LogP contribution in [0, 0.1) is 5.92 Å². The lowest BCUT2D eigenvalue weighted by molar-refractivity contribution is -0.127. The Morgan fingerprint density at radius 2 is 1.94 bits per heavy atom. The molecule has 1 fully saturated rings. The van der Waals surface area contributed by atoms with Crippen molar-refractivity contribution in [3.05, 3.63) is 29.8 Å². The predicted molar refractivity (Wildman–Crippen MR) is 136 cm³/mol. The van der Waals surface area contributed by atoms with Crippen LogP contribution in [0.15, 0.2) is 29.3 Å². The van der Waals surface area contributed by atoms with E-state index in [0.717, 1.165) is 43.6 Å². The second kappa shape index (κ2) is 14.5. The van der Waals surface area contributed by atoms with Crippen molar-refractivity contribution in [1.82, 2.24) is 15.5 Å². The number of guanidine groups is 1. The summed E-state index contributed by atoms with van der Waals surface area (Å²) in [6.07, 6.45) is 4.42. The number of carbonyl (C=O) groups excluding carboxylic acids is 1. The van der Waals surface area contributed by atoms with E-state index in [1.807, 2.05) is 24.3 Å². The monoisotopic (exact) mass is 546 g/mol. The first kappa shape index (κ1) is 27.5. The Kier molecular flexibility index (Phi) is 12.9. The highest BCUT2D eigenvalue weighted by atomic mass is 127. The number of ether oxygens (including phenoxy) is 2. The summed E-state index contributed by atoms with van der Waals surface area (Å²) in [4.78, 5) is 18.4. The van der Waals surface area contributed by atoms with Gasteiger partial charge in [0.2, 0.25) is 5.91 Å². The van der Waals surface area contributed by atoms with E-state index in [2.05, 4.69) is 24.5 Å². The first-order valence-electron chi connectivity index (χ1n) is 11.0. The molecule has 2 N–H and O–H groups in total. The van der Waals surface area contributed by atoms with Gasteiger partial charge in [-0.1, -0.05) is 38.8 Å². The van der Waals surface area contributed by atoms with E-state index in [0.29, 0.717) is 18.4 Å². The maximum atomic E-state index is 12.1. The number of amides is 1. The Morgan fingerprint density at radius 3 is 2.52 bits per heavy atom. The highest BCUT2D eigenvalue weighted by Gasteiger charge is 2.28. The van der Waals surface area contributed by atoms with Crippen LogP contribution < -0.4 is 15.4 Å². The SMILES string of the molecule is CCC(CC)C1CC(NC(=NCc2ccc(OC)cc2)NCC(=O)N(C)C)CCO1.I. The maximum absolute atomic E-state index is 12.1. The van der Waals surface area contributed by atoms with E-state index >= 15 is 0 Å². The summed E-state index contributed by atoms with van der Waals surface area (Å²) in [5, 5.41) is 6.73. The number of carbonyl (C=O) groups is 1. The number of nitrogens with one attached hydrogen (secondary N) is 2. The fourth-order valence-electron chi connectivity index (χ4n) is 3.67. The van der Waals surface area contributed by atoms with E-state index in [1.165, 1.54) is 0 Å². The van der Waals surface area contributed by atoms with Gasteiger partial charge in [0, 0.05) is 26.7 Å². The molecule has 8 heteroatoms. The van der Waals surface area contributed by atoms with Crippen molar-refractivity contribution in [3.63, 3.8) is 0 Å². The van der Waals surface area contributed by atoms with Gasteiger partial charge in [-0.05, 0) is 36.5 Å². The van der Waals surface area contributed by atoms with E-state index in [4.69, 9.17) is 14.5 Å². The second-order valence-electron chi connectivity index (χ2n) is 8.01. The van der Waals surface area contributed by atoms with Gasteiger partial charge in [-0.15, -0.1) is 24.0 Å². The van der Waals surface area contributed by atoms with Crippen molar-refractivity contribution in [2.45, 2.75) is 58.2 Å². The highest BCUT2D eigenvalue weighted by Crippen LogP contribution is 2.25. The van der Waals surface area contributed by atoms with E-state index in [1.54, 1.807) is 26.1 Å². The van der Waals surface area contributed by atoms with Gasteiger partial charge in [0.05, 0.1) is 26.3 Å². The summed E-state index contributed by atoms with van der Waals surface area (Å²) < 4.78 is 11.3. The zero-order chi connectivity index (χ0) is 21.9. The van der Waals surface area contributed by atoms with Crippen LogP contribution in [0.2, 0.25) is 0 Å². The average Bonchev–Trinajstić information content (AvgIpc) is 2.76. The van der Waals surface area contributed by atoms with E-state index in [-0.39, 0.29) is 48.6 Å². The quantitative estimate of drug-likeness (QED) is 0.282. The molecular formula is C23H39IN4O3. The normalized spacial score (nSPS) is 18.8. The lowest BCUT2D eigenvalue weighted by atomic mass is 9.89. The van der Waals surface area contributed by atoms with Crippen molar-refractivity contribution in [2.24, 2.45) is 10.9 Å². The molecule has 0 radical (unpaired) electrons. The summed E-state index contributed by atoms with van der Waals surface area (Å²) in [5.41, 5.74) is 1.08. The number of aliphatic imine (C=N–C) groups is 1. The van der Waals surface area contributed by atoms with Crippen LogP contribution >= 0.6 is 24.0 Å². The lowest BCUT2D eigenvalue weighted by Gasteiger charge is -2.35. The third kappa shape index (κ3) is 9.22. The highest BCUT2D eigenvalue weighted by molar-refractivity contribution is 14.0. The molecule has 176 valence electrons. The second-order valence-corrected chi connectivity index (χ2v) is 8.01. The molecule has 1 aliphatic rings. The van der Waals surface area contributed by atoms with Crippen molar-refractivity contribution >= 4 is 35.8 Å². The van der Waals surface area contributed by atoms with Crippen LogP contribution in [-0.2, 0) is 16.1 Å². The molecule has 1 heterocycles. The van der Waals surface area contributed by atoms with Gasteiger partial charge in [-0.25, -0.2) is 4.99 Å². The lowest BCUT2D eigenvalue weighted by Crippen LogP contribution is -2.50. The molecule has 2 atom stereocenters. The molecule has 2 unspecified atom stereocenters. The zero-order valence-electron chi connectivity index (χ0n) is 19.5. The molecule has 0 spiro atoms. The molecule has 1 saturated heterocycles. The van der Waals surface area contributed by atoms with Gasteiger partial charge >= 0.3 is 0 Å². The molecule has 1 aromatic rings. The van der Waals surface area contributed by atoms with Gasteiger partial charge in [0.1, 0.15) is 5.75 Å². The molecule has 1 aliphatic heterocycles. The van der Waals surface area contributed by atoms with Crippen molar-refractivity contribution in [2.75, 3.05) is 34.4 Å². The minimum atomic E-state index is 0. The fraction of sp³-hybridized carbons (Fsp3) is 0.652. The van der Waals surface area contributed by atoms with Crippen molar-refractivity contribution in [1.29, 1.82) is 0 Å². The summed E-state index contributed by atoms with van der Waals surface area (Å²) in [5.74, 6) is 2.08. The first-order valence-corrected chi connectivity index (χ1v) is 11.0. The Balaban J connectivity index is 0.00000480. The van der Waals surface area contributed by atoms with Crippen LogP contribution in [0.3, 0.4) is 0 Å². The minimum absolute atomic E-state index is 0. The van der Waals surface area contributed by atoms with E-state index < -0.39 is 0 Å². The summed E-state index contributed by atoms with van der Waals surface area (Å²) in [6, 6.07) is 8.14. The Bertz CT molecular complexity index is 678. The third-order valence-corrected chi connectivity index (χ3v) is 5.72. The summed E-state index contributed by atoms with van der Waals surface area (Å²) >= 11 is 0. The smallest absolute Gasteiger partial charge is 0.241 e. The Hall–Kier alpha value is -1.55. The molecule has 0 saturated carbocycles. The third-order valence-electron chi connectivity index (χ3n) is 5.72. The van der Waals surface area contributed by atoms with Crippen LogP contribution in [0.5, 0.6) is 5.75 Å². The number of likely N-dealkylation sites (N-methyl/N-ethyl adjacent to an activating group) is 1. The molecule has 0 aliphatic carbocycles. The molecule has 7 nitrogen and oxygen atoms in total. The zero-order valence-corrected chi connectivity index (χ0v) is 21.8. The van der Waals surface area contributed by atoms with Gasteiger partial charge in [-0.2, -0.15) is 0 Å². The van der Waals surface area contributed by atoms with Crippen LogP contribution in [-0.4, -0.2) is 63.3 Å². The molecule has 1 aromatic carbocycles. The predicted octanol–water partition coefficient (Wildman–Crippen LogP) is 3.42. The molecular weight excluding hydrogens is 507 g/mol. The number of nitrogens with zero attached hydrogens (tertiary/aromatic N) is 2. The number of rotatable bonds is 9. The number of hydrogen-bond donors (Lipinski definition) is 2. The number of hydrogen-bond acceptors (Lipinski definition) is 4. The van der Waals surface area contributed by atoms with Gasteiger partial charge in [0.25, 0.3) is 0 Å². The van der Waals surface area contributed by atoms with Crippen molar-refractivity contribution in [3.8, 4) is 5.75 Å². The average molecular weight is 546 g/mol. The molecule has 1 amide bonds. The maximum Gasteiger partial charge on any atom is 0.241 e. The van der Waals surface area contributed by atoms with Gasteiger partial charge in [-0.3, -0.25) is 4.79 Å². The molecule has 0 aromatic heterocycles. The van der Waals surface area contributed by atoms with E-state index in [9.17, 15) is 4.79 Å². The number of halogens is 1. The summed E-state index contributed by atoms with van der Waals surface area (Å²) in [7, 11) is 5.16. The Morgan fingerprint density at radius 1 is 1.26 bits per heavy atom.